The fourth-order valence-electron chi connectivity index (χ4n) is 1.81. The van der Waals surface area contributed by atoms with Crippen molar-refractivity contribution in [2.45, 2.75) is 39.2 Å². The van der Waals surface area contributed by atoms with Crippen molar-refractivity contribution in [3.8, 4) is 11.5 Å². The molecule has 0 bridgehead atoms. The van der Waals surface area contributed by atoms with Crippen molar-refractivity contribution >= 4 is 5.97 Å². The Kier molecular flexibility index (Phi) is 4.81. The molecule has 1 aromatic carbocycles. The zero-order valence-corrected chi connectivity index (χ0v) is 12.4. The summed E-state index contributed by atoms with van der Waals surface area (Å²) in [5.74, 6) is 0.496. The molecule has 0 aliphatic heterocycles. The first-order valence-electron chi connectivity index (χ1n) is 6.24. The smallest absolute Gasteiger partial charge is 0.313 e. The number of benzene rings is 1. The maximum absolute atomic E-state index is 12.2. The van der Waals surface area contributed by atoms with Crippen LogP contribution >= 0.6 is 0 Å². The Morgan fingerprint density at radius 2 is 1.58 bits per heavy atom. The second-order valence-electron chi connectivity index (χ2n) is 5.33. The minimum atomic E-state index is -0.513. The van der Waals surface area contributed by atoms with Gasteiger partial charge in [0.25, 0.3) is 0 Å². The lowest BCUT2D eigenvalue weighted by Crippen LogP contribution is -2.27. The highest BCUT2D eigenvalue weighted by Crippen LogP contribution is 2.36. The normalized spacial score (nSPS) is 12.7. The third-order valence-electron chi connectivity index (χ3n) is 2.66. The quantitative estimate of drug-likeness (QED) is 0.785. The molecule has 1 unspecified atom stereocenters. The summed E-state index contributed by atoms with van der Waals surface area (Å²) in [5.41, 5.74) is 0.197. The Balaban J connectivity index is 3.11. The highest BCUT2D eigenvalue weighted by atomic mass is 16.6. The third-order valence-corrected chi connectivity index (χ3v) is 2.66. The Bertz CT molecular complexity index is 424. The molecule has 0 aliphatic rings. The van der Waals surface area contributed by atoms with Gasteiger partial charge in [-0.25, -0.2) is 0 Å². The number of carbonyl (C=O) groups excluding carboxylic acids is 1. The molecule has 0 amide bonds. The summed E-state index contributed by atoms with van der Waals surface area (Å²) in [7, 11) is 3.14. The van der Waals surface area contributed by atoms with Crippen molar-refractivity contribution < 1.29 is 19.0 Å². The molecule has 0 N–H and O–H groups in total. The van der Waals surface area contributed by atoms with Crippen LogP contribution in [0.25, 0.3) is 0 Å². The monoisotopic (exact) mass is 266 g/mol. The fourth-order valence-corrected chi connectivity index (χ4v) is 1.81. The Labute approximate surface area is 114 Å². The van der Waals surface area contributed by atoms with Crippen molar-refractivity contribution in [3.63, 3.8) is 0 Å². The van der Waals surface area contributed by atoms with E-state index >= 15 is 0 Å². The van der Waals surface area contributed by atoms with Gasteiger partial charge in [-0.3, -0.25) is 4.79 Å². The lowest BCUT2D eigenvalue weighted by atomic mass is 9.98. The van der Waals surface area contributed by atoms with Crippen molar-refractivity contribution in [2.75, 3.05) is 14.2 Å². The highest BCUT2D eigenvalue weighted by molar-refractivity contribution is 5.80. The van der Waals surface area contributed by atoms with Crippen LogP contribution in [0.3, 0.4) is 0 Å². The standard InChI is InChI=1S/C15H22O4/c1-10(14(16)19-15(2,3)4)13-11(17-5)8-7-9-12(13)18-6/h7-10H,1-6H3. The molecule has 1 aromatic rings. The first kappa shape index (κ1) is 15.3. The summed E-state index contributed by atoms with van der Waals surface area (Å²) in [5, 5.41) is 0. The van der Waals surface area contributed by atoms with Gasteiger partial charge in [0.05, 0.1) is 25.7 Å². The first-order valence-corrected chi connectivity index (χ1v) is 6.24. The van der Waals surface area contributed by atoms with Crippen molar-refractivity contribution in [1.82, 2.24) is 0 Å². The number of esters is 1. The molecule has 106 valence electrons. The summed E-state index contributed by atoms with van der Waals surface area (Å²) in [6.45, 7) is 7.32. The second-order valence-corrected chi connectivity index (χ2v) is 5.33. The highest BCUT2D eigenvalue weighted by Gasteiger charge is 2.27. The molecular weight excluding hydrogens is 244 g/mol. The Hall–Kier alpha value is -1.71. The molecule has 0 spiro atoms. The van der Waals surface area contributed by atoms with Gasteiger partial charge < -0.3 is 14.2 Å². The molecule has 19 heavy (non-hydrogen) atoms. The van der Waals surface area contributed by atoms with Gasteiger partial charge >= 0.3 is 5.97 Å². The summed E-state index contributed by atoms with van der Waals surface area (Å²) in [4.78, 5) is 12.2. The molecule has 4 nitrogen and oxygen atoms in total. The number of rotatable bonds is 4. The summed E-state index contributed by atoms with van der Waals surface area (Å²) in [6.07, 6.45) is 0. The summed E-state index contributed by atoms with van der Waals surface area (Å²) in [6, 6.07) is 5.43. The fraction of sp³-hybridized carbons (Fsp3) is 0.533. The van der Waals surface area contributed by atoms with Gasteiger partial charge in [-0.1, -0.05) is 6.07 Å². The van der Waals surface area contributed by atoms with Crippen LogP contribution < -0.4 is 9.47 Å². The van der Waals surface area contributed by atoms with Crippen LogP contribution in [0.4, 0.5) is 0 Å². The van der Waals surface area contributed by atoms with Gasteiger partial charge in [0, 0.05) is 0 Å². The maximum atomic E-state index is 12.2. The lowest BCUT2D eigenvalue weighted by Gasteiger charge is -2.24. The van der Waals surface area contributed by atoms with Crippen molar-refractivity contribution in [2.24, 2.45) is 0 Å². The first-order chi connectivity index (χ1) is 8.80. The molecule has 0 fully saturated rings. The van der Waals surface area contributed by atoms with Crippen molar-refractivity contribution in [1.29, 1.82) is 0 Å². The zero-order chi connectivity index (χ0) is 14.6. The molecule has 1 atom stereocenters. The van der Waals surface area contributed by atoms with Crippen LogP contribution in [-0.2, 0) is 9.53 Å². The minimum absolute atomic E-state index is 0.296. The largest absolute Gasteiger partial charge is 0.496 e. The van der Waals surface area contributed by atoms with E-state index in [4.69, 9.17) is 14.2 Å². The van der Waals surface area contributed by atoms with Crippen LogP contribution in [0.2, 0.25) is 0 Å². The van der Waals surface area contributed by atoms with Crippen molar-refractivity contribution in [3.05, 3.63) is 23.8 Å². The molecule has 0 aliphatic carbocycles. The molecule has 4 heteroatoms. The summed E-state index contributed by atoms with van der Waals surface area (Å²) >= 11 is 0. The Morgan fingerprint density at radius 3 is 1.95 bits per heavy atom. The average molecular weight is 266 g/mol. The predicted octanol–water partition coefficient (Wildman–Crippen LogP) is 3.15. The van der Waals surface area contributed by atoms with E-state index in [1.807, 2.05) is 26.8 Å². The number of hydrogen-bond acceptors (Lipinski definition) is 4. The minimum Gasteiger partial charge on any atom is -0.496 e. The van der Waals surface area contributed by atoms with Crippen LogP contribution in [0.15, 0.2) is 18.2 Å². The van der Waals surface area contributed by atoms with E-state index in [0.717, 1.165) is 0 Å². The second kappa shape index (κ2) is 5.95. The van der Waals surface area contributed by atoms with Crippen LogP contribution in [-0.4, -0.2) is 25.8 Å². The number of carbonyl (C=O) groups is 1. The number of methoxy groups -OCH3 is 2. The molecular formula is C15H22O4. The van der Waals surface area contributed by atoms with E-state index in [2.05, 4.69) is 0 Å². The molecule has 0 saturated carbocycles. The molecule has 0 radical (unpaired) electrons. The van der Waals surface area contributed by atoms with E-state index in [1.165, 1.54) is 0 Å². The maximum Gasteiger partial charge on any atom is 0.313 e. The molecule has 0 aromatic heterocycles. The molecule has 0 saturated heterocycles. The Morgan fingerprint density at radius 1 is 1.11 bits per heavy atom. The van der Waals surface area contributed by atoms with Crippen LogP contribution in [0.5, 0.6) is 11.5 Å². The van der Waals surface area contributed by atoms with Crippen LogP contribution in [0.1, 0.15) is 39.2 Å². The van der Waals surface area contributed by atoms with E-state index in [1.54, 1.807) is 33.3 Å². The van der Waals surface area contributed by atoms with Gasteiger partial charge in [-0.15, -0.1) is 0 Å². The van der Waals surface area contributed by atoms with Crippen LogP contribution in [0, 0.1) is 0 Å². The zero-order valence-electron chi connectivity index (χ0n) is 12.4. The van der Waals surface area contributed by atoms with E-state index < -0.39 is 11.5 Å². The van der Waals surface area contributed by atoms with Gasteiger partial charge in [0.2, 0.25) is 0 Å². The van der Waals surface area contributed by atoms with E-state index in [9.17, 15) is 4.79 Å². The lowest BCUT2D eigenvalue weighted by molar-refractivity contribution is -0.156. The molecule has 0 heterocycles. The summed E-state index contributed by atoms with van der Waals surface area (Å²) < 4.78 is 16.0. The topological polar surface area (TPSA) is 44.8 Å². The van der Waals surface area contributed by atoms with Gasteiger partial charge in [-0.2, -0.15) is 0 Å². The van der Waals surface area contributed by atoms with Gasteiger partial charge in [-0.05, 0) is 39.8 Å². The molecule has 1 rings (SSSR count). The third kappa shape index (κ3) is 3.88. The number of ether oxygens (including phenoxy) is 3. The predicted molar refractivity (Wildman–Crippen MR) is 73.8 cm³/mol. The van der Waals surface area contributed by atoms with E-state index in [-0.39, 0.29) is 5.97 Å². The average Bonchev–Trinajstić information content (AvgIpc) is 2.34. The SMILES string of the molecule is COc1cccc(OC)c1C(C)C(=O)OC(C)(C)C. The van der Waals surface area contributed by atoms with E-state index in [0.29, 0.717) is 17.1 Å². The van der Waals surface area contributed by atoms with Gasteiger partial charge in [0.1, 0.15) is 17.1 Å². The number of hydrogen-bond donors (Lipinski definition) is 0. The van der Waals surface area contributed by atoms with Gasteiger partial charge in [0.15, 0.2) is 0 Å².